The molecule has 0 N–H and O–H groups in total. The first-order valence-corrected chi connectivity index (χ1v) is 7.60. The van der Waals surface area contributed by atoms with Crippen LogP contribution in [-0.4, -0.2) is 27.6 Å². The molecule has 0 radical (unpaired) electrons. The summed E-state index contributed by atoms with van der Waals surface area (Å²) in [6.07, 6.45) is 1.47. The van der Waals surface area contributed by atoms with Crippen molar-refractivity contribution in [1.29, 1.82) is 5.26 Å². The molecule has 0 aliphatic carbocycles. The Hall–Kier alpha value is -1.40. The fourth-order valence-corrected chi connectivity index (χ4v) is 2.97. The van der Waals surface area contributed by atoms with Gasteiger partial charge in [-0.2, -0.15) is 5.26 Å². The quantitative estimate of drug-likeness (QED) is 0.301. The first-order valence-electron chi connectivity index (χ1n) is 5.85. The SMILES string of the molecule is CN(C)/C=C(\C#N)C(=O)c1cc2cc(F)c(Br)cc2n1I. The van der Waals surface area contributed by atoms with Gasteiger partial charge in [0.05, 0.1) is 32.9 Å². The van der Waals surface area contributed by atoms with E-state index in [4.69, 9.17) is 5.26 Å². The van der Waals surface area contributed by atoms with Gasteiger partial charge in [0, 0.05) is 25.7 Å². The summed E-state index contributed by atoms with van der Waals surface area (Å²) in [6.45, 7) is 0. The second kappa shape index (κ2) is 6.15. The molecule has 1 aromatic heterocycles. The molecule has 2 rings (SSSR count). The number of rotatable bonds is 3. The topological polar surface area (TPSA) is 49.0 Å². The van der Waals surface area contributed by atoms with Crippen LogP contribution in [0, 0.1) is 17.1 Å². The molecular formula is C14H10BrFIN3O. The van der Waals surface area contributed by atoms with Gasteiger partial charge in [-0.05, 0) is 34.1 Å². The van der Waals surface area contributed by atoms with Crippen LogP contribution in [-0.2, 0) is 0 Å². The van der Waals surface area contributed by atoms with Crippen LogP contribution in [0.4, 0.5) is 4.39 Å². The van der Waals surface area contributed by atoms with Crippen molar-refractivity contribution in [2.45, 2.75) is 0 Å². The van der Waals surface area contributed by atoms with E-state index in [1.54, 1.807) is 33.9 Å². The molecular weight excluding hydrogens is 452 g/mol. The average Bonchev–Trinajstić information content (AvgIpc) is 2.73. The Kier molecular flexibility index (Phi) is 4.68. The van der Waals surface area contributed by atoms with Crippen LogP contribution in [0.15, 0.2) is 34.4 Å². The van der Waals surface area contributed by atoms with E-state index in [-0.39, 0.29) is 5.57 Å². The van der Waals surface area contributed by atoms with E-state index in [2.05, 4.69) is 15.9 Å². The first-order chi connectivity index (χ1) is 9.85. The third kappa shape index (κ3) is 3.11. The molecule has 0 saturated heterocycles. The van der Waals surface area contributed by atoms with Gasteiger partial charge in [0.1, 0.15) is 23.2 Å². The zero-order valence-corrected chi connectivity index (χ0v) is 14.9. The van der Waals surface area contributed by atoms with Gasteiger partial charge >= 0.3 is 0 Å². The molecule has 0 bridgehead atoms. The number of allylic oxidation sites excluding steroid dienone is 1. The highest BCUT2D eigenvalue weighted by Crippen LogP contribution is 2.29. The average molecular weight is 462 g/mol. The predicted molar refractivity (Wildman–Crippen MR) is 90.7 cm³/mol. The number of ketones is 1. The highest BCUT2D eigenvalue weighted by molar-refractivity contribution is 14.1. The van der Waals surface area contributed by atoms with E-state index < -0.39 is 11.6 Å². The maximum atomic E-state index is 13.6. The molecule has 7 heteroatoms. The number of hydrogen-bond donors (Lipinski definition) is 0. The van der Waals surface area contributed by atoms with Crippen LogP contribution in [0.5, 0.6) is 0 Å². The summed E-state index contributed by atoms with van der Waals surface area (Å²) >= 11 is 5.09. The monoisotopic (exact) mass is 461 g/mol. The minimum atomic E-state index is -0.396. The largest absolute Gasteiger partial charge is 0.382 e. The number of Topliss-reactive ketones (excluding diaryl/α,β-unsaturated/α-hetero) is 1. The Morgan fingerprint density at radius 1 is 1.48 bits per heavy atom. The number of halogens is 3. The number of fused-ring (bicyclic) bond motifs is 1. The lowest BCUT2D eigenvalue weighted by Gasteiger charge is -2.06. The molecule has 1 aromatic carbocycles. The summed E-state index contributed by atoms with van der Waals surface area (Å²) in [5, 5.41) is 9.72. The number of nitriles is 1. The van der Waals surface area contributed by atoms with Crippen molar-refractivity contribution < 1.29 is 9.18 Å². The summed E-state index contributed by atoms with van der Waals surface area (Å²) < 4.78 is 15.5. The van der Waals surface area contributed by atoms with Crippen LogP contribution >= 0.6 is 38.8 Å². The third-order valence-corrected chi connectivity index (χ3v) is 4.42. The number of hydrogen-bond acceptors (Lipinski definition) is 3. The maximum Gasteiger partial charge on any atom is 0.222 e. The molecule has 0 spiro atoms. The molecule has 1 heterocycles. The first kappa shape index (κ1) is 16.0. The second-order valence-electron chi connectivity index (χ2n) is 4.58. The number of carbonyl (C=O) groups excluding carboxylic acids is 1. The lowest BCUT2D eigenvalue weighted by Crippen LogP contribution is -2.10. The van der Waals surface area contributed by atoms with Gasteiger partial charge < -0.3 is 4.90 Å². The third-order valence-electron chi connectivity index (χ3n) is 2.77. The van der Waals surface area contributed by atoms with Crippen molar-refractivity contribution in [3.8, 4) is 6.07 Å². The lowest BCUT2D eigenvalue weighted by atomic mass is 10.1. The van der Waals surface area contributed by atoms with Crippen molar-refractivity contribution in [2.24, 2.45) is 0 Å². The van der Waals surface area contributed by atoms with Gasteiger partial charge in [0.15, 0.2) is 0 Å². The van der Waals surface area contributed by atoms with Crippen molar-refractivity contribution in [3.63, 3.8) is 0 Å². The van der Waals surface area contributed by atoms with Crippen LogP contribution in [0.2, 0.25) is 0 Å². The minimum Gasteiger partial charge on any atom is -0.382 e. The standard InChI is InChI=1S/C14H10BrFIN3O/c1-19(2)7-9(6-18)14(21)13-4-8-3-11(16)10(15)5-12(8)20(13)17/h3-5,7H,1-2H3/b9-7+. The minimum absolute atomic E-state index is 0.0280. The van der Waals surface area contributed by atoms with E-state index in [9.17, 15) is 9.18 Å². The Morgan fingerprint density at radius 3 is 2.71 bits per heavy atom. The molecule has 0 saturated carbocycles. The maximum absolute atomic E-state index is 13.6. The van der Waals surface area contributed by atoms with Gasteiger partial charge in [0.2, 0.25) is 5.78 Å². The van der Waals surface area contributed by atoms with E-state index in [1.807, 2.05) is 28.9 Å². The second-order valence-corrected chi connectivity index (χ2v) is 6.40. The van der Waals surface area contributed by atoms with Crippen molar-refractivity contribution in [1.82, 2.24) is 7.68 Å². The summed E-state index contributed by atoms with van der Waals surface area (Å²) in [5.74, 6) is -0.791. The van der Waals surface area contributed by atoms with Gasteiger partial charge in [-0.25, -0.2) is 4.39 Å². The zero-order chi connectivity index (χ0) is 15.7. The van der Waals surface area contributed by atoms with E-state index in [1.165, 1.54) is 12.3 Å². The van der Waals surface area contributed by atoms with Crippen molar-refractivity contribution >= 4 is 55.5 Å². The number of nitrogens with zero attached hydrogens (tertiary/aromatic N) is 3. The molecule has 0 atom stereocenters. The molecule has 21 heavy (non-hydrogen) atoms. The molecule has 0 fully saturated rings. The molecule has 0 amide bonds. The van der Waals surface area contributed by atoms with Crippen LogP contribution in [0.1, 0.15) is 10.5 Å². The number of aromatic nitrogens is 1. The smallest absolute Gasteiger partial charge is 0.222 e. The summed E-state index contributed by atoms with van der Waals surface area (Å²) in [4.78, 5) is 14.1. The Balaban J connectivity index is 2.60. The number of carbonyl (C=O) groups is 1. The zero-order valence-electron chi connectivity index (χ0n) is 11.2. The molecule has 2 aromatic rings. The van der Waals surface area contributed by atoms with E-state index in [0.717, 1.165) is 0 Å². The fourth-order valence-electron chi connectivity index (χ4n) is 1.86. The molecule has 0 unspecified atom stereocenters. The van der Waals surface area contributed by atoms with Gasteiger partial charge in [0.25, 0.3) is 0 Å². The summed E-state index contributed by atoms with van der Waals surface area (Å²) in [7, 11) is 3.47. The lowest BCUT2D eigenvalue weighted by molar-refractivity contribution is 0.103. The predicted octanol–water partition coefficient (Wildman–Crippen LogP) is 3.89. The molecule has 0 aliphatic heterocycles. The van der Waals surface area contributed by atoms with Crippen molar-refractivity contribution in [2.75, 3.05) is 14.1 Å². The molecule has 4 nitrogen and oxygen atoms in total. The Bertz CT molecular complexity index is 805. The summed E-state index contributed by atoms with van der Waals surface area (Å²) in [5.41, 5.74) is 1.06. The van der Waals surface area contributed by atoms with Crippen LogP contribution < -0.4 is 0 Å². The van der Waals surface area contributed by atoms with E-state index in [0.29, 0.717) is 21.1 Å². The van der Waals surface area contributed by atoms with Crippen molar-refractivity contribution in [3.05, 3.63) is 46.0 Å². The number of benzene rings is 1. The normalized spacial score (nSPS) is 11.5. The Labute approximate surface area is 143 Å². The van der Waals surface area contributed by atoms with Gasteiger partial charge in [-0.15, -0.1) is 0 Å². The molecule has 108 valence electrons. The fraction of sp³-hybridized carbons (Fsp3) is 0.143. The molecule has 0 aliphatic rings. The van der Waals surface area contributed by atoms with E-state index >= 15 is 0 Å². The van der Waals surface area contributed by atoms with Crippen LogP contribution in [0.25, 0.3) is 10.9 Å². The summed E-state index contributed by atoms with van der Waals surface area (Å²) in [6, 6.07) is 6.44. The highest BCUT2D eigenvalue weighted by atomic mass is 127. The van der Waals surface area contributed by atoms with Gasteiger partial charge in [-0.3, -0.25) is 7.58 Å². The van der Waals surface area contributed by atoms with Crippen LogP contribution in [0.3, 0.4) is 0 Å². The van der Waals surface area contributed by atoms with Gasteiger partial charge in [-0.1, -0.05) is 0 Å². The Morgan fingerprint density at radius 2 is 2.14 bits per heavy atom. The highest BCUT2D eigenvalue weighted by Gasteiger charge is 2.19.